The van der Waals surface area contributed by atoms with Gasteiger partial charge in [0.25, 0.3) is 0 Å². The van der Waals surface area contributed by atoms with Crippen LogP contribution in [0.5, 0.6) is 0 Å². The first-order chi connectivity index (χ1) is 13.9. The fourth-order valence-electron chi connectivity index (χ4n) is 3.49. The van der Waals surface area contributed by atoms with Crippen LogP contribution in [0.2, 0.25) is 0 Å². The number of nitrogens with one attached hydrogen (secondary N) is 2. The number of hydrogen-bond acceptors (Lipinski definition) is 5. The maximum atomic E-state index is 13.1. The van der Waals surface area contributed by atoms with Crippen LogP contribution in [-0.4, -0.2) is 32.8 Å². The molecule has 0 bridgehead atoms. The molecule has 1 fully saturated rings. The lowest BCUT2D eigenvalue weighted by atomic mass is 9.95. The molecule has 1 aromatic heterocycles. The van der Waals surface area contributed by atoms with Crippen molar-refractivity contribution in [3.05, 3.63) is 54.0 Å². The van der Waals surface area contributed by atoms with Gasteiger partial charge in [-0.3, -0.25) is 9.59 Å². The smallest absolute Gasteiger partial charge is 0.309 e. The Morgan fingerprint density at radius 3 is 2.38 bits per heavy atom. The van der Waals surface area contributed by atoms with Gasteiger partial charge in [-0.15, -0.1) is 0 Å². The fourth-order valence-corrected chi connectivity index (χ4v) is 5.08. The molecule has 1 atom stereocenters. The number of sulfone groups is 1. The fraction of sp³-hybridized carbons (Fsp3) is 0.429. The number of furan rings is 1. The largest absolute Gasteiger partial charge is 0.468 e. The summed E-state index contributed by atoms with van der Waals surface area (Å²) < 4.78 is 31.6. The van der Waals surface area contributed by atoms with E-state index in [0.717, 1.165) is 37.7 Å². The first-order valence-corrected chi connectivity index (χ1v) is 11.3. The van der Waals surface area contributed by atoms with Crippen LogP contribution in [0.4, 0.5) is 0 Å². The molecule has 156 valence electrons. The van der Waals surface area contributed by atoms with Gasteiger partial charge in [0.2, 0.25) is 0 Å². The van der Waals surface area contributed by atoms with Crippen LogP contribution >= 0.6 is 0 Å². The predicted molar refractivity (Wildman–Crippen MR) is 108 cm³/mol. The van der Waals surface area contributed by atoms with E-state index in [1.54, 1.807) is 24.3 Å². The van der Waals surface area contributed by atoms with Crippen molar-refractivity contribution in [3.8, 4) is 0 Å². The maximum absolute atomic E-state index is 13.1. The highest BCUT2D eigenvalue weighted by molar-refractivity contribution is 7.91. The Morgan fingerprint density at radius 1 is 1.07 bits per heavy atom. The Hall–Kier alpha value is -2.61. The topological polar surface area (TPSA) is 105 Å². The molecule has 8 heteroatoms. The molecule has 7 nitrogen and oxygen atoms in total. The summed E-state index contributed by atoms with van der Waals surface area (Å²) in [5.74, 6) is -1.37. The molecule has 1 heterocycles. The standard InChI is InChI=1S/C21H26N2O5S/c1-15-9-11-17(12-10-15)29(26,27)19(18-8-5-13-28-18)14-22-20(24)21(25)23-16-6-3-2-4-7-16/h5,8-13,16,19H,2-4,6-7,14H2,1H3,(H,22,24)(H,23,25)/t19-/m1/s1. The molecule has 1 aliphatic carbocycles. The molecule has 2 amide bonds. The second kappa shape index (κ2) is 9.26. The molecule has 0 saturated heterocycles. The molecule has 1 saturated carbocycles. The second-order valence-electron chi connectivity index (χ2n) is 7.38. The highest BCUT2D eigenvalue weighted by Gasteiger charge is 2.32. The zero-order valence-corrected chi connectivity index (χ0v) is 17.2. The summed E-state index contributed by atoms with van der Waals surface area (Å²) in [6.45, 7) is 1.60. The molecular weight excluding hydrogens is 392 g/mol. The molecule has 0 spiro atoms. The number of rotatable bonds is 6. The maximum Gasteiger partial charge on any atom is 0.309 e. The van der Waals surface area contributed by atoms with E-state index in [-0.39, 0.29) is 23.2 Å². The van der Waals surface area contributed by atoms with Gasteiger partial charge in [-0.25, -0.2) is 8.42 Å². The number of benzene rings is 1. The van der Waals surface area contributed by atoms with Gasteiger partial charge in [0.15, 0.2) is 9.84 Å². The van der Waals surface area contributed by atoms with E-state index in [2.05, 4.69) is 10.6 Å². The lowest BCUT2D eigenvalue weighted by Gasteiger charge is -2.22. The zero-order valence-electron chi connectivity index (χ0n) is 16.4. The third kappa shape index (κ3) is 5.26. The summed E-state index contributed by atoms with van der Waals surface area (Å²) in [5, 5.41) is 4.05. The number of carbonyl (C=O) groups excluding carboxylic acids is 2. The van der Waals surface area contributed by atoms with E-state index in [9.17, 15) is 18.0 Å². The first kappa shape index (κ1) is 21.1. The number of amides is 2. The molecule has 0 unspecified atom stereocenters. The average Bonchev–Trinajstić information content (AvgIpc) is 3.23. The van der Waals surface area contributed by atoms with Crippen LogP contribution in [0.15, 0.2) is 52.0 Å². The Balaban J connectivity index is 1.70. The summed E-state index contributed by atoms with van der Waals surface area (Å²) in [5.41, 5.74) is 0.936. The normalized spacial score (nSPS) is 16.2. The van der Waals surface area contributed by atoms with Gasteiger partial charge < -0.3 is 15.1 Å². The van der Waals surface area contributed by atoms with Crippen molar-refractivity contribution in [3.63, 3.8) is 0 Å². The van der Waals surface area contributed by atoms with Gasteiger partial charge in [-0.1, -0.05) is 37.0 Å². The lowest BCUT2D eigenvalue weighted by molar-refractivity contribution is -0.139. The van der Waals surface area contributed by atoms with Crippen LogP contribution < -0.4 is 10.6 Å². The molecule has 29 heavy (non-hydrogen) atoms. The van der Waals surface area contributed by atoms with E-state index in [0.29, 0.717) is 0 Å². The van der Waals surface area contributed by atoms with Crippen molar-refractivity contribution in [1.82, 2.24) is 10.6 Å². The van der Waals surface area contributed by atoms with Crippen molar-refractivity contribution < 1.29 is 22.4 Å². The third-order valence-corrected chi connectivity index (χ3v) is 7.26. The van der Waals surface area contributed by atoms with Gasteiger partial charge in [0.1, 0.15) is 11.0 Å². The molecule has 0 radical (unpaired) electrons. The average molecular weight is 419 g/mol. The summed E-state index contributed by atoms with van der Waals surface area (Å²) in [6.07, 6.45) is 6.29. The minimum atomic E-state index is -3.83. The van der Waals surface area contributed by atoms with Crippen molar-refractivity contribution in [2.24, 2.45) is 0 Å². The van der Waals surface area contributed by atoms with Crippen LogP contribution in [0.1, 0.15) is 48.7 Å². The van der Waals surface area contributed by atoms with Gasteiger partial charge in [0.05, 0.1) is 11.2 Å². The summed E-state index contributed by atoms with van der Waals surface area (Å²) >= 11 is 0. The zero-order chi connectivity index (χ0) is 20.9. The number of hydrogen-bond donors (Lipinski definition) is 2. The van der Waals surface area contributed by atoms with Crippen LogP contribution in [-0.2, 0) is 19.4 Å². The third-order valence-electron chi connectivity index (χ3n) is 5.18. The van der Waals surface area contributed by atoms with Crippen molar-refractivity contribution in [2.45, 2.75) is 55.2 Å². The lowest BCUT2D eigenvalue weighted by Crippen LogP contribution is -2.46. The van der Waals surface area contributed by atoms with Crippen LogP contribution in [0.25, 0.3) is 0 Å². The second-order valence-corrected chi connectivity index (χ2v) is 9.51. The van der Waals surface area contributed by atoms with E-state index in [1.165, 1.54) is 18.4 Å². The molecule has 2 N–H and O–H groups in total. The minimum absolute atomic E-state index is 0.000776. The Kier molecular flexibility index (Phi) is 6.74. The van der Waals surface area contributed by atoms with E-state index < -0.39 is 26.9 Å². The Morgan fingerprint density at radius 2 is 1.76 bits per heavy atom. The van der Waals surface area contributed by atoms with Crippen molar-refractivity contribution in [2.75, 3.05) is 6.54 Å². The monoisotopic (exact) mass is 418 g/mol. The molecule has 1 aliphatic rings. The van der Waals surface area contributed by atoms with Gasteiger partial charge in [0, 0.05) is 12.6 Å². The van der Waals surface area contributed by atoms with Crippen molar-refractivity contribution in [1.29, 1.82) is 0 Å². The molecule has 0 aliphatic heterocycles. The highest BCUT2D eigenvalue weighted by atomic mass is 32.2. The van der Waals surface area contributed by atoms with Crippen LogP contribution in [0, 0.1) is 6.92 Å². The highest BCUT2D eigenvalue weighted by Crippen LogP contribution is 2.29. The van der Waals surface area contributed by atoms with Gasteiger partial charge in [-0.2, -0.15) is 0 Å². The Bertz CT molecular complexity index is 930. The van der Waals surface area contributed by atoms with E-state index in [4.69, 9.17) is 4.42 Å². The van der Waals surface area contributed by atoms with Gasteiger partial charge >= 0.3 is 11.8 Å². The van der Waals surface area contributed by atoms with E-state index in [1.807, 2.05) is 6.92 Å². The Labute approximate surface area is 170 Å². The number of carbonyl (C=O) groups is 2. The SMILES string of the molecule is Cc1ccc(S(=O)(=O)[C@H](CNC(=O)C(=O)NC2CCCCC2)c2ccco2)cc1. The first-order valence-electron chi connectivity index (χ1n) is 9.80. The molecule has 3 rings (SSSR count). The quantitative estimate of drug-likeness (QED) is 0.702. The summed E-state index contributed by atoms with van der Waals surface area (Å²) in [4.78, 5) is 24.6. The van der Waals surface area contributed by atoms with Gasteiger partial charge in [-0.05, 0) is 44.0 Å². The molecule has 1 aromatic carbocycles. The molecular formula is C21H26N2O5S. The summed E-state index contributed by atoms with van der Waals surface area (Å²) in [7, 11) is -3.83. The summed E-state index contributed by atoms with van der Waals surface area (Å²) in [6, 6.07) is 9.61. The minimum Gasteiger partial charge on any atom is -0.468 e. The van der Waals surface area contributed by atoms with Crippen molar-refractivity contribution >= 4 is 21.7 Å². The predicted octanol–water partition coefficient (Wildman–Crippen LogP) is 2.67. The number of aryl methyl sites for hydroxylation is 1. The van der Waals surface area contributed by atoms with Crippen LogP contribution in [0.3, 0.4) is 0 Å². The molecule has 2 aromatic rings. The van der Waals surface area contributed by atoms with E-state index >= 15 is 0 Å².